The van der Waals surface area contributed by atoms with Crippen LogP contribution in [0.1, 0.15) is 42.3 Å². The van der Waals surface area contributed by atoms with Crippen molar-refractivity contribution >= 4 is 10.9 Å². The van der Waals surface area contributed by atoms with E-state index in [0.29, 0.717) is 17.3 Å². The summed E-state index contributed by atoms with van der Waals surface area (Å²) in [6, 6.07) is 11.1. The van der Waals surface area contributed by atoms with Crippen molar-refractivity contribution in [1.82, 2.24) is 15.3 Å². The van der Waals surface area contributed by atoms with Gasteiger partial charge in [0.15, 0.2) is 0 Å². The number of benzene rings is 2. The second kappa shape index (κ2) is 7.51. The molecule has 1 aliphatic heterocycles. The zero-order valence-electron chi connectivity index (χ0n) is 15.7. The van der Waals surface area contributed by atoms with Gasteiger partial charge in [-0.3, -0.25) is 0 Å². The number of hydrogen-bond acceptors (Lipinski definition) is 3. The maximum absolute atomic E-state index is 13.1. The monoisotopic (exact) mass is 385 g/mol. The van der Waals surface area contributed by atoms with Crippen LogP contribution < -0.4 is 5.32 Å². The van der Waals surface area contributed by atoms with Crippen molar-refractivity contribution in [3.05, 3.63) is 59.5 Å². The number of alkyl halides is 3. The number of nitrogens with zero attached hydrogens (tertiary/aromatic N) is 2. The van der Waals surface area contributed by atoms with Gasteiger partial charge in [0, 0.05) is 11.3 Å². The minimum Gasteiger partial charge on any atom is -0.317 e. The Morgan fingerprint density at radius 2 is 1.79 bits per heavy atom. The lowest BCUT2D eigenvalue weighted by atomic mass is 9.92. The van der Waals surface area contributed by atoms with E-state index in [1.54, 1.807) is 6.07 Å². The number of aromatic nitrogens is 2. The fourth-order valence-corrected chi connectivity index (χ4v) is 3.93. The van der Waals surface area contributed by atoms with E-state index >= 15 is 0 Å². The molecule has 0 bridgehead atoms. The standard InChI is InChI=1S/C22H22F3N3/c1-14-27-20-13-17(16-4-2-6-18(12-16)22(23,24)25)7-8-19(20)21(28-14)15-5-3-10-26-11-9-15/h2,4,6-8,12-13,15,26H,3,5,9-11H2,1H3. The summed E-state index contributed by atoms with van der Waals surface area (Å²) in [5.41, 5.74) is 2.46. The SMILES string of the molecule is Cc1nc(C2CCCNCC2)c2ccc(-c3cccc(C(F)(F)F)c3)cc2n1. The van der Waals surface area contributed by atoms with Crippen molar-refractivity contribution in [2.45, 2.75) is 38.3 Å². The Bertz CT molecular complexity index is 990. The van der Waals surface area contributed by atoms with Gasteiger partial charge in [0.05, 0.1) is 16.8 Å². The van der Waals surface area contributed by atoms with Crippen LogP contribution >= 0.6 is 0 Å². The van der Waals surface area contributed by atoms with Gasteiger partial charge in [-0.1, -0.05) is 24.3 Å². The third kappa shape index (κ3) is 3.87. The second-order valence-corrected chi connectivity index (χ2v) is 7.34. The van der Waals surface area contributed by atoms with Crippen LogP contribution in [0.3, 0.4) is 0 Å². The van der Waals surface area contributed by atoms with Crippen molar-refractivity contribution in [3.8, 4) is 11.1 Å². The zero-order chi connectivity index (χ0) is 19.7. The minimum absolute atomic E-state index is 0.374. The fraction of sp³-hybridized carbons (Fsp3) is 0.364. The van der Waals surface area contributed by atoms with Gasteiger partial charge in [0.25, 0.3) is 0 Å². The highest BCUT2D eigenvalue weighted by atomic mass is 19.4. The number of halogens is 3. The molecule has 0 saturated carbocycles. The molecule has 1 aromatic heterocycles. The first-order valence-corrected chi connectivity index (χ1v) is 9.58. The maximum Gasteiger partial charge on any atom is 0.416 e. The molecule has 4 rings (SSSR count). The third-order valence-electron chi connectivity index (χ3n) is 5.32. The lowest BCUT2D eigenvalue weighted by molar-refractivity contribution is -0.137. The van der Waals surface area contributed by atoms with Gasteiger partial charge in [-0.25, -0.2) is 9.97 Å². The summed E-state index contributed by atoms with van der Waals surface area (Å²) in [7, 11) is 0. The van der Waals surface area contributed by atoms with Gasteiger partial charge in [-0.2, -0.15) is 13.2 Å². The topological polar surface area (TPSA) is 37.8 Å². The largest absolute Gasteiger partial charge is 0.416 e. The number of nitrogens with one attached hydrogen (secondary N) is 1. The molecule has 1 aliphatic rings. The average molecular weight is 385 g/mol. The molecule has 1 N–H and O–H groups in total. The number of fused-ring (bicyclic) bond motifs is 1. The van der Waals surface area contributed by atoms with Crippen molar-refractivity contribution in [1.29, 1.82) is 0 Å². The van der Waals surface area contributed by atoms with Gasteiger partial charge >= 0.3 is 6.18 Å². The van der Waals surface area contributed by atoms with Crippen LogP contribution in [0.5, 0.6) is 0 Å². The predicted octanol–water partition coefficient (Wildman–Crippen LogP) is 5.48. The quantitative estimate of drug-likeness (QED) is 0.635. The molecule has 28 heavy (non-hydrogen) atoms. The van der Waals surface area contributed by atoms with E-state index in [1.807, 2.05) is 25.1 Å². The average Bonchev–Trinajstić information content (AvgIpc) is 2.95. The summed E-state index contributed by atoms with van der Waals surface area (Å²) in [6.45, 7) is 3.87. The molecule has 3 nitrogen and oxygen atoms in total. The Morgan fingerprint density at radius 1 is 0.964 bits per heavy atom. The lowest BCUT2D eigenvalue weighted by Crippen LogP contribution is -2.14. The number of rotatable bonds is 2. The first-order chi connectivity index (χ1) is 13.4. The van der Waals surface area contributed by atoms with Crippen LogP contribution in [-0.4, -0.2) is 23.1 Å². The highest BCUT2D eigenvalue weighted by Crippen LogP contribution is 2.35. The van der Waals surface area contributed by atoms with Gasteiger partial charge in [-0.15, -0.1) is 0 Å². The first kappa shape index (κ1) is 18.9. The fourth-order valence-electron chi connectivity index (χ4n) is 3.93. The third-order valence-corrected chi connectivity index (χ3v) is 5.32. The molecular weight excluding hydrogens is 363 g/mol. The van der Waals surface area contributed by atoms with E-state index in [1.165, 1.54) is 12.1 Å². The molecule has 0 amide bonds. The molecule has 0 spiro atoms. The molecular formula is C22H22F3N3. The van der Waals surface area contributed by atoms with Crippen LogP contribution in [0.2, 0.25) is 0 Å². The van der Waals surface area contributed by atoms with Crippen molar-refractivity contribution < 1.29 is 13.2 Å². The molecule has 2 aromatic carbocycles. The molecule has 146 valence electrons. The molecule has 2 heterocycles. The molecule has 1 atom stereocenters. The summed E-state index contributed by atoms with van der Waals surface area (Å²) in [6.07, 6.45) is -1.14. The second-order valence-electron chi connectivity index (χ2n) is 7.34. The zero-order valence-corrected chi connectivity index (χ0v) is 15.7. The highest BCUT2D eigenvalue weighted by Gasteiger charge is 2.30. The van der Waals surface area contributed by atoms with Crippen LogP contribution in [0.4, 0.5) is 13.2 Å². The summed E-state index contributed by atoms with van der Waals surface area (Å²) in [4.78, 5) is 9.29. The van der Waals surface area contributed by atoms with E-state index in [2.05, 4.69) is 10.3 Å². The molecule has 1 unspecified atom stereocenters. The Hall–Kier alpha value is -2.47. The molecule has 0 radical (unpaired) electrons. The Labute approximate surface area is 162 Å². The van der Waals surface area contributed by atoms with Crippen LogP contribution in [-0.2, 0) is 6.18 Å². The Balaban J connectivity index is 1.78. The van der Waals surface area contributed by atoms with Gasteiger partial charge < -0.3 is 5.32 Å². The molecule has 1 saturated heterocycles. The van der Waals surface area contributed by atoms with E-state index in [-0.39, 0.29) is 0 Å². The molecule has 6 heteroatoms. The molecule has 3 aromatic rings. The Kier molecular flexibility index (Phi) is 5.06. The van der Waals surface area contributed by atoms with Crippen molar-refractivity contribution in [2.24, 2.45) is 0 Å². The maximum atomic E-state index is 13.1. The molecule has 0 aliphatic carbocycles. The summed E-state index contributed by atoms with van der Waals surface area (Å²) >= 11 is 0. The lowest BCUT2D eigenvalue weighted by Gasteiger charge is -2.17. The smallest absolute Gasteiger partial charge is 0.317 e. The highest BCUT2D eigenvalue weighted by molar-refractivity contribution is 5.86. The first-order valence-electron chi connectivity index (χ1n) is 9.58. The Morgan fingerprint density at radius 3 is 2.61 bits per heavy atom. The summed E-state index contributed by atoms with van der Waals surface area (Å²) < 4.78 is 39.2. The van der Waals surface area contributed by atoms with Crippen LogP contribution in [0, 0.1) is 6.92 Å². The van der Waals surface area contributed by atoms with Crippen LogP contribution in [0.15, 0.2) is 42.5 Å². The van der Waals surface area contributed by atoms with Gasteiger partial charge in [0.1, 0.15) is 5.82 Å². The minimum atomic E-state index is -4.35. The van der Waals surface area contributed by atoms with Crippen molar-refractivity contribution in [2.75, 3.05) is 13.1 Å². The number of aryl methyl sites for hydroxylation is 1. The predicted molar refractivity (Wildman–Crippen MR) is 104 cm³/mol. The van der Waals surface area contributed by atoms with Crippen LogP contribution in [0.25, 0.3) is 22.0 Å². The number of hydrogen-bond donors (Lipinski definition) is 1. The normalized spacial score (nSPS) is 18.2. The van der Waals surface area contributed by atoms with E-state index in [4.69, 9.17) is 4.98 Å². The summed E-state index contributed by atoms with van der Waals surface area (Å²) in [5.74, 6) is 1.07. The van der Waals surface area contributed by atoms with Crippen molar-refractivity contribution in [3.63, 3.8) is 0 Å². The van der Waals surface area contributed by atoms with E-state index in [9.17, 15) is 13.2 Å². The van der Waals surface area contributed by atoms with Gasteiger partial charge in [-0.05, 0) is 68.6 Å². The van der Waals surface area contributed by atoms with E-state index in [0.717, 1.165) is 60.6 Å². The van der Waals surface area contributed by atoms with E-state index < -0.39 is 11.7 Å². The summed E-state index contributed by atoms with van der Waals surface area (Å²) in [5, 5.41) is 4.42. The molecule has 1 fully saturated rings. The van der Waals surface area contributed by atoms with Gasteiger partial charge in [0.2, 0.25) is 0 Å².